The normalized spacial score (nSPS) is 16.7. The van der Waals surface area contributed by atoms with Gasteiger partial charge in [-0.3, -0.25) is 9.59 Å². The number of nitrogens with one attached hydrogen (secondary N) is 2. The molecule has 0 heterocycles. The van der Waals surface area contributed by atoms with Gasteiger partial charge >= 0.3 is 0 Å². The fourth-order valence-electron chi connectivity index (χ4n) is 2.46. The van der Waals surface area contributed by atoms with Gasteiger partial charge in [0.15, 0.2) is 0 Å². The van der Waals surface area contributed by atoms with E-state index in [2.05, 4.69) is 10.6 Å². The molecule has 5 nitrogen and oxygen atoms in total. The lowest BCUT2D eigenvalue weighted by atomic mass is 9.98. The van der Waals surface area contributed by atoms with Crippen molar-refractivity contribution >= 4 is 17.5 Å². The Kier molecular flexibility index (Phi) is 4.39. The number of nitrogens with two attached hydrogens (primary N) is 1. The summed E-state index contributed by atoms with van der Waals surface area (Å²) >= 11 is 0. The summed E-state index contributed by atoms with van der Waals surface area (Å²) in [5.74, 6) is -0.253. The Morgan fingerprint density at radius 2 is 1.80 bits per heavy atom. The zero-order valence-electron chi connectivity index (χ0n) is 11.7. The highest BCUT2D eigenvalue weighted by Gasteiger charge is 2.36. The van der Waals surface area contributed by atoms with Crippen LogP contribution in [0.3, 0.4) is 0 Å². The van der Waals surface area contributed by atoms with Crippen LogP contribution < -0.4 is 16.4 Å². The Hall–Kier alpha value is -1.88. The van der Waals surface area contributed by atoms with Crippen LogP contribution in [0.15, 0.2) is 24.3 Å². The Bertz CT molecular complexity index is 490. The van der Waals surface area contributed by atoms with Crippen LogP contribution in [0.25, 0.3) is 0 Å². The van der Waals surface area contributed by atoms with Gasteiger partial charge in [0.25, 0.3) is 5.91 Å². The predicted molar refractivity (Wildman–Crippen MR) is 78.5 cm³/mol. The van der Waals surface area contributed by atoms with E-state index in [1.54, 1.807) is 24.3 Å². The molecule has 0 aromatic heterocycles. The van der Waals surface area contributed by atoms with Crippen LogP contribution in [-0.2, 0) is 4.79 Å². The molecule has 1 aliphatic carbocycles. The summed E-state index contributed by atoms with van der Waals surface area (Å²) in [5.41, 5.74) is 6.60. The molecule has 1 aromatic carbocycles. The van der Waals surface area contributed by atoms with Crippen molar-refractivity contribution in [3.8, 4) is 0 Å². The number of rotatable bonds is 4. The maximum atomic E-state index is 12.1. The average Bonchev–Trinajstić information content (AvgIpc) is 2.88. The number of hydrogen-bond donors (Lipinski definition) is 3. The summed E-state index contributed by atoms with van der Waals surface area (Å²) in [6.07, 6.45) is 3.46. The van der Waals surface area contributed by atoms with E-state index in [0.29, 0.717) is 17.8 Å². The molecular formula is C15H21N3O2. The molecule has 108 valence electrons. The second kappa shape index (κ2) is 6.05. The average molecular weight is 275 g/mol. The standard InChI is InChI=1S/C15H21N3O2/c1-2-17-13(19)11-5-7-12(8-6-11)18-14(20)15(16)9-3-4-10-15/h5-8H,2-4,9-10,16H2,1H3,(H,17,19)(H,18,20). The second-order valence-corrected chi connectivity index (χ2v) is 5.25. The third kappa shape index (κ3) is 3.17. The third-order valence-electron chi connectivity index (χ3n) is 3.69. The van der Waals surface area contributed by atoms with E-state index in [9.17, 15) is 9.59 Å². The molecule has 0 saturated heterocycles. The van der Waals surface area contributed by atoms with Gasteiger partial charge in [0, 0.05) is 17.8 Å². The Morgan fingerprint density at radius 1 is 1.20 bits per heavy atom. The topological polar surface area (TPSA) is 84.2 Å². The van der Waals surface area contributed by atoms with Gasteiger partial charge in [-0.2, -0.15) is 0 Å². The number of anilines is 1. The van der Waals surface area contributed by atoms with Gasteiger partial charge in [0.2, 0.25) is 5.91 Å². The minimum absolute atomic E-state index is 0.114. The van der Waals surface area contributed by atoms with Crippen molar-refractivity contribution in [3.63, 3.8) is 0 Å². The maximum absolute atomic E-state index is 12.1. The van der Waals surface area contributed by atoms with Crippen molar-refractivity contribution in [2.75, 3.05) is 11.9 Å². The maximum Gasteiger partial charge on any atom is 0.251 e. The monoisotopic (exact) mass is 275 g/mol. The molecule has 0 unspecified atom stereocenters. The van der Waals surface area contributed by atoms with E-state index in [1.807, 2.05) is 6.92 Å². The lowest BCUT2D eigenvalue weighted by Crippen LogP contribution is -2.48. The highest BCUT2D eigenvalue weighted by Crippen LogP contribution is 2.28. The molecule has 0 spiro atoms. The molecule has 5 heteroatoms. The second-order valence-electron chi connectivity index (χ2n) is 5.25. The molecule has 0 bridgehead atoms. The van der Waals surface area contributed by atoms with E-state index in [0.717, 1.165) is 25.7 Å². The highest BCUT2D eigenvalue weighted by atomic mass is 16.2. The van der Waals surface area contributed by atoms with Gasteiger partial charge in [-0.1, -0.05) is 12.8 Å². The zero-order valence-corrected chi connectivity index (χ0v) is 11.7. The summed E-state index contributed by atoms with van der Waals surface area (Å²) in [6.45, 7) is 2.46. The molecule has 0 aliphatic heterocycles. The quantitative estimate of drug-likeness (QED) is 0.781. The van der Waals surface area contributed by atoms with Crippen molar-refractivity contribution in [1.29, 1.82) is 0 Å². The summed E-state index contributed by atoms with van der Waals surface area (Å²) in [4.78, 5) is 23.8. The number of carbonyl (C=O) groups excluding carboxylic acids is 2. The molecule has 20 heavy (non-hydrogen) atoms. The fourth-order valence-corrected chi connectivity index (χ4v) is 2.46. The Morgan fingerprint density at radius 3 is 2.35 bits per heavy atom. The number of benzene rings is 1. The van der Waals surface area contributed by atoms with E-state index in [1.165, 1.54) is 0 Å². The number of carbonyl (C=O) groups is 2. The summed E-state index contributed by atoms with van der Waals surface area (Å²) in [6, 6.07) is 6.83. The van der Waals surface area contributed by atoms with Gasteiger partial charge in [-0.15, -0.1) is 0 Å². The molecule has 1 saturated carbocycles. The first-order valence-electron chi connectivity index (χ1n) is 7.04. The minimum atomic E-state index is -0.738. The zero-order chi connectivity index (χ0) is 14.6. The molecule has 2 amide bonds. The molecular weight excluding hydrogens is 254 g/mol. The van der Waals surface area contributed by atoms with Crippen molar-refractivity contribution in [1.82, 2.24) is 5.32 Å². The first kappa shape index (κ1) is 14.5. The largest absolute Gasteiger partial charge is 0.352 e. The molecule has 2 rings (SSSR count). The van der Waals surface area contributed by atoms with Gasteiger partial charge in [-0.25, -0.2) is 0 Å². The molecule has 1 aliphatic rings. The van der Waals surface area contributed by atoms with Crippen LogP contribution in [0, 0.1) is 0 Å². The van der Waals surface area contributed by atoms with Crippen molar-refractivity contribution in [2.45, 2.75) is 38.1 Å². The smallest absolute Gasteiger partial charge is 0.251 e. The first-order chi connectivity index (χ1) is 9.55. The van der Waals surface area contributed by atoms with Crippen LogP contribution >= 0.6 is 0 Å². The van der Waals surface area contributed by atoms with Gasteiger partial charge < -0.3 is 16.4 Å². The fraction of sp³-hybridized carbons (Fsp3) is 0.467. The van der Waals surface area contributed by atoms with Crippen LogP contribution in [-0.4, -0.2) is 23.9 Å². The third-order valence-corrected chi connectivity index (χ3v) is 3.69. The van der Waals surface area contributed by atoms with Crippen LogP contribution in [0.5, 0.6) is 0 Å². The predicted octanol–water partition coefficient (Wildman–Crippen LogP) is 1.65. The first-order valence-corrected chi connectivity index (χ1v) is 7.04. The van der Waals surface area contributed by atoms with Gasteiger partial charge in [0.1, 0.15) is 0 Å². The molecule has 4 N–H and O–H groups in total. The van der Waals surface area contributed by atoms with E-state index >= 15 is 0 Å². The van der Waals surface area contributed by atoms with Crippen molar-refractivity contribution in [3.05, 3.63) is 29.8 Å². The van der Waals surface area contributed by atoms with Gasteiger partial charge in [-0.05, 0) is 44.0 Å². The molecule has 0 radical (unpaired) electrons. The highest BCUT2D eigenvalue weighted by molar-refractivity contribution is 5.99. The Balaban J connectivity index is 2.00. The summed E-state index contributed by atoms with van der Waals surface area (Å²) in [5, 5.41) is 5.55. The van der Waals surface area contributed by atoms with E-state index < -0.39 is 5.54 Å². The van der Waals surface area contributed by atoms with Crippen molar-refractivity contribution in [2.24, 2.45) is 5.73 Å². The van der Waals surface area contributed by atoms with Gasteiger partial charge in [0.05, 0.1) is 5.54 Å². The number of hydrogen-bond acceptors (Lipinski definition) is 3. The number of amides is 2. The molecule has 0 atom stereocenters. The summed E-state index contributed by atoms with van der Waals surface area (Å²) in [7, 11) is 0. The van der Waals surface area contributed by atoms with E-state index in [4.69, 9.17) is 5.73 Å². The molecule has 1 fully saturated rings. The lowest BCUT2D eigenvalue weighted by molar-refractivity contribution is -0.121. The summed E-state index contributed by atoms with van der Waals surface area (Å²) < 4.78 is 0. The van der Waals surface area contributed by atoms with Crippen molar-refractivity contribution < 1.29 is 9.59 Å². The van der Waals surface area contributed by atoms with Crippen LogP contribution in [0.2, 0.25) is 0 Å². The minimum Gasteiger partial charge on any atom is -0.352 e. The SMILES string of the molecule is CCNC(=O)c1ccc(NC(=O)C2(N)CCCC2)cc1. The lowest BCUT2D eigenvalue weighted by Gasteiger charge is -2.22. The van der Waals surface area contributed by atoms with Crippen LogP contribution in [0.4, 0.5) is 5.69 Å². The molecule has 1 aromatic rings. The van der Waals surface area contributed by atoms with E-state index in [-0.39, 0.29) is 11.8 Å². The Labute approximate surface area is 118 Å². The van der Waals surface area contributed by atoms with Crippen LogP contribution in [0.1, 0.15) is 43.0 Å².